The van der Waals surface area contributed by atoms with E-state index in [4.69, 9.17) is 18.6 Å². The summed E-state index contributed by atoms with van der Waals surface area (Å²) < 4.78 is 47.1. The minimum atomic E-state index is -4.31. The Morgan fingerprint density at radius 2 is 1.89 bits per heavy atom. The van der Waals surface area contributed by atoms with Crippen molar-refractivity contribution < 1.29 is 36.6 Å². The van der Waals surface area contributed by atoms with Crippen LogP contribution in [0.3, 0.4) is 0 Å². The molecule has 0 aliphatic heterocycles. The maximum atomic E-state index is 12.9. The molecule has 1 aromatic carbocycles. The molecule has 0 saturated carbocycles. The quantitative estimate of drug-likeness (QED) is 0.393. The number of anilines is 1. The van der Waals surface area contributed by atoms with Crippen LogP contribution in [-0.2, 0) is 32.2 Å². The number of rotatable bonds is 9. The molecule has 3 aromatic rings. The number of carbonyl (C=O) groups is 2. The number of esters is 1. The Labute approximate surface area is 218 Å². The summed E-state index contributed by atoms with van der Waals surface area (Å²) in [6.07, 6.45) is 2.37. The lowest BCUT2D eigenvalue weighted by Gasteiger charge is -2.18. The Bertz CT molecular complexity index is 1410. The van der Waals surface area contributed by atoms with Gasteiger partial charge in [0.15, 0.2) is 0 Å². The van der Waals surface area contributed by atoms with Crippen LogP contribution in [-0.4, -0.2) is 57.1 Å². The maximum Gasteiger partial charge on any atom is 0.341 e. The highest BCUT2D eigenvalue weighted by atomic mass is 32.2. The summed E-state index contributed by atoms with van der Waals surface area (Å²) in [6.45, 7) is 4.00. The zero-order chi connectivity index (χ0) is 26.7. The van der Waals surface area contributed by atoms with Gasteiger partial charge in [-0.1, -0.05) is 18.1 Å². The molecule has 2 aromatic heterocycles. The molecule has 0 radical (unpaired) electrons. The van der Waals surface area contributed by atoms with Gasteiger partial charge in [0.25, 0.3) is 5.89 Å². The molecule has 0 fully saturated rings. The van der Waals surface area contributed by atoms with Gasteiger partial charge in [-0.15, -0.1) is 16.4 Å². The summed E-state index contributed by atoms with van der Waals surface area (Å²) in [5.41, 5.74) is 1.43. The van der Waals surface area contributed by atoms with Gasteiger partial charge in [0.1, 0.15) is 27.8 Å². The van der Waals surface area contributed by atoms with E-state index in [9.17, 15) is 18.0 Å². The van der Waals surface area contributed by atoms with Crippen LogP contribution in [0, 0.1) is 5.92 Å². The second-order valence-electron chi connectivity index (χ2n) is 8.49. The predicted octanol–water partition coefficient (Wildman–Crippen LogP) is 3.53. The molecule has 1 amide bonds. The first-order chi connectivity index (χ1) is 17.7. The Morgan fingerprint density at radius 1 is 1.19 bits per heavy atom. The van der Waals surface area contributed by atoms with Crippen molar-refractivity contribution in [3.05, 3.63) is 34.2 Å². The van der Waals surface area contributed by atoms with Gasteiger partial charge in [0.05, 0.1) is 26.4 Å². The topological polar surface area (TPSA) is 147 Å². The number of amides is 1. The van der Waals surface area contributed by atoms with Crippen LogP contribution < -0.4 is 14.8 Å². The first-order valence-electron chi connectivity index (χ1n) is 11.6. The van der Waals surface area contributed by atoms with Crippen molar-refractivity contribution in [2.45, 2.75) is 38.3 Å². The zero-order valence-electron chi connectivity index (χ0n) is 20.8. The number of ether oxygens (including phenoxy) is 3. The van der Waals surface area contributed by atoms with Crippen LogP contribution in [0.2, 0.25) is 0 Å². The smallest absolute Gasteiger partial charge is 0.341 e. The standard InChI is InChI=1S/C24H27N3O8S2/c1-5-34-23(29)19-14-10-9-13(2)11-17(14)36-22(19)25-18(28)12-37(30,31)24-27-26-21(35-24)20-15(32-3)7-6-8-16(20)33-4/h6-8,13H,5,9-12H2,1-4H3,(H,25,28). The van der Waals surface area contributed by atoms with Crippen LogP contribution >= 0.6 is 11.3 Å². The number of nitrogens with one attached hydrogen (secondary N) is 1. The second kappa shape index (κ2) is 10.9. The van der Waals surface area contributed by atoms with E-state index in [1.807, 2.05) is 0 Å². The molecule has 1 aliphatic rings. The average molecular weight is 550 g/mol. The van der Waals surface area contributed by atoms with Gasteiger partial charge in [-0.25, -0.2) is 13.2 Å². The Kier molecular flexibility index (Phi) is 7.83. The fraction of sp³-hybridized carbons (Fsp3) is 0.417. The number of nitrogens with zero attached hydrogens (tertiary/aromatic N) is 2. The molecule has 198 valence electrons. The summed E-state index contributed by atoms with van der Waals surface area (Å²) in [5.74, 6) is -1.36. The third-order valence-electron chi connectivity index (χ3n) is 5.88. The largest absolute Gasteiger partial charge is 0.496 e. The number of aromatic nitrogens is 2. The van der Waals surface area contributed by atoms with Crippen LogP contribution in [0.15, 0.2) is 27.8 Å². The molecule has 4 rings (SSSR count). The van der Waals surface area contributed by atoms with Crippen LogP contribution in [0.25, 0.3) is 11.5 Å². The highest BCUT2D eigenvalue weighted by Gasteiger charge is 2.32. The van der Waals surface area contributed by atoms with Crippen LogP contribution in [0.1, 0.15) is 41.1 Å². The number of carbonyl (C=O) groups excluding carboxylic acids is 2. The lowest BCUT2D eigenvalue weighted by atomic mass is 9.88. The van der Waals surface area contributed by atoms with E-state index < -0.39 is 32.7 Å². The molecule has 0 saturated heterocycles. The fourth-order valence-corrected chi connectivity index (χ4v) is 6.48. The van der Waals surface area contributed by atoms with Gasteiger partial charge in [-0.05, 0) is 49.8 Å². The average Bonchev–Trinajstić information content (AvgIpc) is 3.48. The van der Waals surface area contributed by atoms with E-state index in [1.165, 1.54) is 25.6 Å². The number of fused-ring (bicyclic) bond motifs is 1. The second-order valence-corrected chi connectivity index (χ2v) is 11.5. The van der Waals surface area contributed by atoms with E-state index in [-0.39, 0.29) is 23.1 Å². The maximum absolute atomic E-state index is 12.9. The first-order valence-corrected chi connectivity index (χ1v) is 14.0. The van der Waals surface area contributed by atoms with Crippen molar-refractivity contribution in [1.29, 1.82) is 0 Å². The normalized spacial score (nSPS) is 15.1. The summed E-state index contributed by atoms with van der Waals surface area (Å²) in [4.78, 5) is 26.5. The van der Waals surface area contributed by atoms with Gasteiger partial charge in [0.2, 0.25) is 15.7 Å². The number of hydrogen-bond donors (Lipinski definition) is 1. The minimum Gasteiger partial charge on any atom is -0.496 e. The minimum absolute atomic E-state index is 0.141. The van der Waals surface area contributed by atoms with Crippen LogP contribution in [0.4, 0.5) is 5.00 Å². The molecule has 2 heterocycles. The Hall–Kier alpha value is -3.45. The molecule has 1 unspecified atom stereocenters. The third kappa shape index (κ3) is 5.47. The SMILES string of the molecule is CCOC(=O)c1c(NC(=O)CS(=O)(=O)c2nnc(-c3c(OC)cccc3OC)o2)sc2c1CCC(C)C2. The van der Waals surface area contributed by atoms with E-state index in [0.29, 0.717) is 29.4 Å². The zero-order valence-corrected chi connectivity index (χ0v) is 22.5. The van der Waals surface area contributed by atoms with E-state index >= 15 is 0 Å². The van der Waals surface area contributed by atoms with Crippen molar-refractivity contribution in [2.24, 2.45) is 5.92 Å². The summed E-state index contributed by atoms with van der Waals surface area (Å²) in [5, 5.41) is 9.61. The van der Waals surface area contributed by atoms with Crippen molar-refractivity contribution in [2.75, 3.05) is 31.9 Å². The number of thiophene rings is 1. The number of hydrogen-bond acceptors (Lipinski definition) is 11. The van der Waals surface area contributed by atoms with Gasteiger partial charge < -0.3 is 23.9 Å². The monoisotopic (exact) mass is 549 g/mol. The third-order valence-corrected chi connectivity index (χ3v) is 8.39. The highest BCUT2D eigenvalue weighted by molar-refractivity contribution is 7.91. The predicted molar refractivity (Wildman–Crippen MR) is 135 cm³/mol. The van der Waals surface area contributed by atoms with E-state index in [0.717, 1.165) is 23.3 Å². The molecule has 0 bridgehead atoms. The number of sulfone groups is 1. The first kappa shape index (κ1) is 26.6. The van der Waals surface area contributed by atoms with Crippen molar-refractivity contribution in [3.63, 3.8) is 0 Å². The molecule has 0 spiro atoms. The summed E-state index contributed by atoms with van der Waals surface area (Å²) >= 11 is 1.27. The van der Waals surface area contributed by atoms with Crippen molar-refractivity contribution in [3.8, 4) is 23.0 Å². The van der Waals surface area contributed by atoms with E-state index in [2.05, 4.69) is 22.4 Å². The van der Waals surface area contributed by atoms with Gasteiger partial charge >= 0.3 is 11.2 Å². The molecular formula is C24H27N3O8S2. The van der Waals surface area contributed by atoms with Crippen molar-refractivity contribution in [1.82, 2.24) is 10.2 Å². The van der Waals surface area contributed by atoms with Crippen molar-refractivity contribution >= 4 is 38.1 Å². The van der Waals surface area contributed by atoms with Crippen LogP contribution in [0.5, 0.6) is 11.5 Å². The molecule has 11 nitrogen and oxygen atoms in total. The molecule has 1 aliphatic carbocycles. The lowest BCUT2D eigenvalue weighted by molar-refractivity contribution is -0.113. The Balaban J connectivity index is 1.57. The van der Waals surface area contributed by atoms with E-state index in [1.54, 1.807) is 25.1 Å². The Morgan fingerprint density at radius 3 is 2.54 bits per heavy atom. The molecule has 13 heteroatoms. The number of benzene rings is 1. The van der Waals surface area contributed by atoms with Gasteiger partial charge in [0, 0.05) is 4.88 Å². The molecular weight excluding hydrogens is 522 g/mol. The number of methoxy groups -OCH3 is 2. The highest BCUT2D eigenvalue weighted by Crippen LogP contribution is 2.40. The van der Waals surface area contributed by atoms with Gasteiger partial charge in [-0.3, -0.25) is 4.79 Å². The summed E-state index contributed by atoms with van der Waals surface area (Å²) in [6, 6.07) is 4.95. The van der Waals surface area contributed by atoms with Gasteiger partial charge in [-0.2, -0.15) is 0 Å². The molecule has 1 N–H and O–H groups in total. The molecule has 37 heavy (non-hydrogen) atoms. The summed E-state index contributed by atoms with van der Waals surface area (Å²) in [7, 11) is -1.44. The lowest BCUT2D eigenvalue weighted by Crippen LogP contribution is -2.24. The fourth-order valence-electron chi connectivity index (χ4n) is 4.15. The molecule has 1 atom stereocenters.